The van der Waals surface area contributed by atoms with Gasteiger partial charge in [-0.2, -0.15) is 5.26 Å². The number of aromatic nitrogens is 1. The zero-order valence-electron chi connectivity index (χ0n) is 30.1. The predicted octanol–water partition coefficient (Wildman–Crippen LogP) is 6.43. The first kappa shape index (κ1) is 39.8. The van der Waals surface area contributed by atoms with E-state index in [0.717, 1.165) is 22.5 Å². The maximum atomic E-state index is 13.8. The van der Waals surface area contributed by atoms with E-state index in [9.17, 15) is 23.6 Å². The summed E-state index contributed by atoms with van der Waals surface area (Å²) in [6, 6.07) is 25.8. The second-order valence-corrected chi connectivity index (χ2v) is 16.5. The number of rotatable bonds is 16. The normalized spacial score (nSPS) is 20.1. The molecule has 53 heavy (non-hydrogen) atoms. The lowest BCUT2D eigenvalue weighted by Gasteiger charge is -2.44. The molecule has 1 saturated heterocycles. The Bertz CT molecular complexity index is 2010. The standard InChI is InChI=1S/C40H44N2O9S2/c1-25(2)20-47-32-17-16-30(18-31(32)19-41)38-42-27(5)37(52-38)39(44)50-23-33-34(43)35(48-21-28-12-8-6-9-13-28)36(49-22-29-14-10-7-11-15-29)40(51-33)53(45,46)24-26(3)4/h6-18,25,33-36,40,43H,3,20-24H2,1-2,4-5H3/t33-,34-,35+,36-,40?/m1/s1. The Kier molecular flexibility index (Phi) is 13.6. The van der Waals surface area contributed by atoms with E-state index in [1.807, 2.05) is 74.5 Å². The number of hydrogen-bond acceptors (Lipinski definition) is 12. The van der Waals surface area contributed by atoms with Gasteiger partial charge in [-0.15, -0.1) is 11.3 Å². The first-order valence-electron chi connectivity index (χ1n) is 17.2. The van der Waals surface area contributed by atoms with Crippen LogP contribution in [0.5, 0.6) is 5.75 Å². The number of esters is 1. The minimum atomic E-state index is -4.07. The summed E-state index contributed by atoms with van der Waals surface area (Å²) >= 11 is 1.08. The molecule has 3 aromatic carbocycles. The molecular formula is C40H44N2O9S2. The zero-order valence-corrected chi connectivity index (χ0v) is 31.8. The maximum absolute atomic E-state index is 13.8. The molecule has 11 nitrogen and oxygen atoms in total. The van der Waals surface area contributed by atoms with Gasteiger partial charge in [0.1, 0.15) is 52.7 Å². The topological polar surface area (TPSA) is 154 Å². The molecule has 0 saturated carbocycles. The highest BCUT2D eigenvalue weighted by atomic mass is 32.2. The fraction of sp³-hybridized carbons (Fsp3) is 0.375. The molecule has 5 atom stereocenters. The van der Waals surface area contributed by atoms with Gasteiger partial charge in [0.2, 0.25) is 0 Å². The van der Waals surface area contributed by atoms with Crippen molar-refractivity contribution in [3.05, 3.63) is 118 Å². The predicted molar refractivity (Wildman–Crippen MR) is 201 cm³/mol. The molecule has 13 heteroatoms. The Labute approximate surface area is 314 Å². The van der Waals surface area contributed by atoms with Crippen LogP contribution in [0.1, 0.15) is 52.8 Å². The molecule has 280 valence electrons. The monoisotopic (exact) mass is 760 g/mol. The number of benzene rings is 3. The number of aliphatic hydroxyl groups is 1. The molecule has 4 aromatic rings. The zero-order chi connectivity index (χ0) is 38.1. The van der Waals surface area contributed by atoms with E-state index in [-0.39, 0.29) is 24.0 Å². The molecule has 1 aliphatic heterocycles. The first-order valence-corrected chi connectivity index (χ1v) is 19.7. The molecule has 0 radical (unpaired) electrons. The van der Waals surface area contributed by atoms with Crippen molar-refractivity contribution in [3.8, 4) is 22.4 Å². The lowest BCUT2D eigenvalue weighted by molar-refractivity contribution is -0.239. The van der Waals surface area contributed by atoms with E-state index >= 15 is 0 Å². The maximum Gasteiger partial charge on any atom is 0.350 e. The SMILES string of the molecule is C=C(C)CS(=O)(=O)C1O[C@H](COC(=O)c2sc(-c3ccc(OCC(C)C)c(C#N)c3)nc2C)[C@@H](O)[C@H](OCc2ccccc2)[C@H]1OCc1ccccc1. The second kappa shape index (κ2) is 18.1. The van der Waals surface area contributed by atoms with Crippen molar-refractivity contribution in [2.45, 2.75) is 70.8 Å². The summed E-state index contributed by atoms with van der Waals surface area (Å²) in [6.45, 7) is 11.1. The smallest absolute Gasteiger partial charge is 0.350 e. The highest BCUT2D eigenvalue weighted by Crippen LogP contribution is 2.34. The third-order valence-electron chi connectivity index (χ3n) is 8.27. The molecule has 0 spiro atoms. The van der Waals surface area contributed by atoms with E-state index in [2.05, 4.69) is 17.6 Å². The second-order valence-electron chi connectivity index (χ2n) is 13.4. The summed E-state index contributed by atoms with van der Waals surface area (Å²) in [5.41, 5.74) is 1.77. The van der Waals surface area contributed by atoms with Crippen LogP contribution in [0.4, 0.5) is 0 Å². The first-order chi connectivity index (χ1) is 25.4. The van der Waals surface area contributed by atoms with Gasteiger partial charge >= 0.3 is 5.97 Å². The fourth-order valence-corrected chi connectivity index (χ4v) is 8.47. The lowest BCUT2D eigenvalue weighted by atomic mass is 9.99. The highest BCUT2D eigenvalue weighted by molar-refractivity contribution is 7.92. The van der Waals surface area contributed by atoms with Crippen LogP contribution in [0, 0.1) is 24.2 Å². The van der Waals surface area contributed by atoms with E-state index in [4.69, 9.17) is 23.7 Å². The molecule has 1 aromatic heterocycles. The van der Waals surface area contributed by atoms with Gasteiger partial charge < -0.3 is 28.8 Å². The molecule has 0 aliphatic carbocycles. The van der Waals surface area contributed by atoms with Gasteiger partial charge in [-0.05, 0) is 49.1 Å². The molecule has 0 amide bonds. The number of carbonyl (C=O) groups excluding carboxylic acids is 1. The van der Waals surface area contributed by atoms with Gasteiger partial charge in [0.25, 0.3) is 0 Å². The summed E-state index contributed by atoms with van der Waals surface area (Å²) in [7, 11) is -4.07. The summed E-state index contributed by atoms with van der Waals surface area (Å²) in [5.74, 6) is -0.376. The third-order valence-corrected chi connectivity index (χ3v) is 11.4. The lowest BCUT2D eigenvalue weighted by Crippen LogP contribution is -2.62. The van der Waals surface area contributed by atoms with Gasteiger partial charge in [-0.25, -0.2) is 18.2 Å². The molecule has 0 bridgehead atoms. The van der Waals surface area contributed by atoms with Crippen LogP contribution in [0.15, 0.2) is 91.0 Å². The Balaban J connectivity index is 1.38. The van der Waals surface area contributed by atoms with Gasteiger partial charge in [0.05, 0.1) is 36.8 Å². The van der Waals surface area contributed by atoms with Crippen LogP contribution in [0.2, 0.25) is 0 Å². The number of hydrogen-bond donors (Lipinski definition) is 1. The number of nitrogens with zero attached hydrogens (tertiary/aromatic N) is 2. The fourth-order valence-electron chi connectivity index (χ4n) is 5.71. The minimum absolute atomic E-state index is 0.0298. The van der Waals surface area contributed by atoms with Crippen molar-refractivity contribution in [1.82, 2.24) is 4.98 Å². The largest absolute Gasteiger partial charge is 0.492 e. The quantitative estimate of drug-likeness (QED) is 0.0993. The number of aryl methyl sites for hydroxylation is 1. The molecular weight excluding hydrogens is 717 g/mol. The van der Waals surface area contributed by atoms with Crippen LogP contribution in [-0.4, -0.2) is 73.3 Å². The average molecular weight is 761 g/mol. The van der Waals surface area contributed by atoms with Gasteiger partial charge in [0, 0.05) is 5.56 Å². The molecule has 1 N–H and O–H groups in total. The summed E-state index contributed by atoms with van der Waals surface area (Å²) in [4.78, 5) is 18.2. The van der Waals surface area contributed by atoms with Gasteiger partial charge in [0.15, 0.2) is 15.3 Å². The van der Waals surface area contributed by atoms with Gasteiger partial charge in [-0.3, -0.25) is 0 Å². The Morgan fingerprint density at radius 1 is 1.02 bits per heavy atom. The third kappa shape index (κ3) is 10.4. The van der Waals surface area contributed by atoms with Crippen LogP contribution >= 0.6 is 11.3 Å². The summed E-state index contributed by atoms with van der Waals surface area (Å²) in [5, 5.41) is 21.9. The van der Waals surface area contributed by atoms with Crippen LogP contribution < -0.4 is 4.74 Å². The van der Waals surface area contributed by atoms with Crippen LogP contribution in [-0.2, 0) is 42.0 Å². The molecule has 5 rings (SSSR count). The van der Waals surface area contributed by atoms with Crippen molar-refractivity contribution in [2.24, 2.45) is 5.92 Å². The number of sulfone groups is 1. The van der Waals surface area contributed by atoms with E-state index in [1.54, 1.807) is 32.0 Å². The average Bonchev–Trinajstić information content (AvgIpc) is 3.53. The number of carbonyl (C=O) groups is 1. The van der Waals surface area contributed by atoms with Crippen LogP contribution in [0.3, 0.4) is 0 Å². The Morgan fingerprint density at radius 2 is 1.64 bits per heavy atom. The molecule has 1 unspecified atom stereocenters. The number of ether oxygens (including phenoxy) is 5. The van der Waals surface area contributed by atoms with E-state index < -0.39 is 58.0 Å². The van der Waals surface area contributed by atoms with Crippen molar-refractivity contribution in [2.75, 3.05) is 19.0 Å². The van der Waals surface area contributed by atoms with Crippen molar-refractivity contribution < 1.29 is 42.0 Å². The minimum Gasteiger partial charge on any atom is -0.492 e. The number of nitriles is 1. The number of aliphatic hydroxyl groups excluding tert-OH is 1. The molecule has 2 heterocycles. The van der Waals surface area contributed by atoms with Crippen molar-refractivity contribution in [1.29, 1.82) is 5.26 Å². The van der Waals surface area contributed by atoms with Crippen LogP contribution in [0.25, 0.3) is 10.6 Å². The Hall–Kier alpha value is -4.42. The summed E-state index contributed by atoms with van der Waals surface area (Å²) in [6.07, 6.45) is -5.15. The van der Waals surface area contributed by atoms with Crippen molar-refractivity contribution in [3.63, 3.8) is 0 Å². The van der Waals surface area contributed by atoms with E-state index in [1.165, 1.54) is 0 Å². The van der Waals surface area contributed by atoms with Crippen molar-refractivity contribution >= 4 is 27.1 Å². The Morgan fingerprint density at radius 3 is 2.23 bits per heavy atom. The van der Waals surface area contributed by atoms with Gasteiger partial charge in [-0.1, -0.05) is 86.7 Å². The number of thiazole rings is 1. The molecule has 1 aliphatic rings. The molecule has 1 fully saturated rings. The summed E-state index contributed by atoms with van der Waals surface area (Å²) < 4.78 is 57.6. The highest BCUT2D eigenvalue weighted by Gasteiger charge is 2.52. The van der Waals surface area contributed by atoms with E-state index in [0.29, 0.717) is 39.8 Å².